The van der Waals surface area contributed by atoms with Gasteiger partial charge in [-0.1, -0.05) is 37.6 Å². The maximum absolute atomic E-state index is 6.01. The van der Waals surface area contributed by atoms with Gasteiger partial charge in [-0.25, -0.2) is 4.98 Å². The molecule has 1 heterocycles. The molecule has 96 valence electrons. The topological polar surface area (TPSA) is 54.7 Å². The molecule has 0 amide bonds. The second-order valence-electron chi connectivity index (χ2n) is 5.16. The largest absolute Gasteiger partial charge is 0.345 e. The molecule has 0 fully saturated rings. The minimum Gasteiger partial charge on any atom is -0.345 e. The molecule has 0 atom stereocenters. The second-order valence-corrected chi connectivity index (χ2v) is 5.59. The molecule has 3 N–H and O–H groups in total. The molecule has 0 spiro atoms. The third kappa shape index (κ3) is 2.42. The lowest BCUT2D eigenvalue weighted by molar-refractivity contribution is 0.507. The van der Waals surface area contributed by atoms with Gasteiger partial charge in [0.1, 0.15) is 5.82 Å². The van der Waals surface area contributed by atoms with Crippen molar-refractivity contribution in [3.8, 4) is 11.3 Å². The number of aromatic amines is 1. The van der Waals surface area contributed by atoms with E-state index in [-0.39, 0.29) is 5.41 Å². The van der Waals surface area contributed by atoms with Crippen LogP contribution < -0.4 is 5.73 Å². The summed E-state index contributed by atoms with van der Waals surface area (Å²) in [5.74, 6) is 0.914. The van der Waals surface area contributed by atoms with Crippen molar-refractivity contribution < 1.29 is 0 Å². The molecule has 2 rings (SSSR count). The first kappa shape index (κ1) is 13.1. The van der Waals surface area contributed by atoms with Gasteiger partial charge in [0.2, 0.25) is 0 Å². The van der Waals surface area contributed by atoms with Gasteiger partial charge in [0.05, 0.1) is 5.69 Å². The van der Waals surface area contributed by atoms with Gasteiger partial charge in [-0.15, -0.1) is 0 Å². The van der Waals surface area contributed by atoms with Crippen LogP contribution in [0.2, 0.25) is 5.02 Å². The first-order valence-corrected chi connectivity index (χ1v) is 6.35. The molecule has 18 heavy (non-hydrogen) atoms. The van der Waals surface area contributed by atoms with E-state index in [4.69, 9.17) is 17.3 Å². The number of H-pyrrole nitrogens is 1. The molecule has 0 saturated heterocycles. The molecule has 0 saturated carbocycles. The molecule has 0 radical (unpaired) electrons. The highest BCUT2D eigenvalue weighted by molar-refractivity contribution is 6.30. The Morgan fingerprint density at radius 1 is 1.39 bits per heavy atom. The van der Waals surface area contributed by atoms with Gasteiger partial charge in [0.25, 0.3) is 0 Å². The predicted molar refractivity (Wildman–Crippen MR) is 75.9 cm³/mol. The number of nitrogens with two attached hydrogens (primary N) is 1. The van der Waals surface area contributed by atoms with Crippen LogP contribution >= 0.6 is 11.6 Å². The van der Waals surface area contributed by atoms with Crippen molar-refractivity contribution >= 4 is 11.6 Å². The molecule has 1 aromatic heterocycles. The summed E-state index contributed by atoms with van der Waals surface area (Å²) in [6.45, 7) is 6.72. The van der Waals surface area contributed by atoms with Crippen molar-refractivity contribution in [3.05, 3.63) is 40.8 Å². The van der Waals surface area contributed by atoms with Gasteiger partial charge in [-0.2, -0.15) is 0 Å². The third-order valence-electron chi connectivity index (χ3n) is 3.13. The first-order valence-electron chi connectivity index (χ1n) is 5.97. The van der Waals surface area contributed by atoms with Gasteiger partial charge in [0, 0.05) is 28.2 Å². The van der Waals surface area contributed by atoms with Crippen molar-refractivity contribution in [1.82, 2.24) is 9.97 Å². The molecule has 4 heteroatoms. The van der Waals surface area contributed by atoms with E-state index >= 15 is 0 Å². The molecule has 3 nitrogen and oxygen atoms in total. The van der Waals surface area contributed by atoms with Crippen LogP contribution in [0.5, 0.6) is 0 Å². The number of aromatic nitrogens is 2. The molecule has 0 bridgehead atoms. The second kappa shape index (κ2) is 4.75. The van der Waals surface area contributed by atoms with Crippen LogP contribution in [0, 0.1) is 6.92 Å². The zero-order valence-electron chi connectivity index (χ0n) is 10.9. The van der Waals surface area contributed by atoms with Crippen LogP contribution in [-0.2, 0) is 5.41 Å². The lowest BCUT2D eigenvalue weighted by Crippen LogP contribution is -2.29. The van der Waals surface area contributed by atoms with E-state index < -0.39 is 0 Å². The monoisotopic (exact) mass is 263 g/mol. The lowest BCUT2D eigenvalue weighted by Gasteiger charge is -2.18. The maximum Gasteiger partial charge on any atom is 0.113 e. The number of hydrogen-bond acceptors (Lipinski definition) is 2. The van der Waals surface area contributed by atoms with E-state index in [1.54, 1.807) is 0 Å². The number of nitrogens with one attached hydrogen (secondary N) is 1. The molecule has 0 aliphatic heterocycles. The molecular formula is C14H18ClN3. The normalized spacial score (nSPS) is 11.8. The highest BCUT2D eigenvalue weighted by atomic mass is 35.5. The molecular weight excluding hydrogens is 246 g/mol. The number of benzene rings is 1. The quantitative estimate of drug-likeness (QED) is 0.893. The maximum atomic E-state index is 6.01. The van der Waals surface area contributed by atoms with Gasteiger partial charge in [-0.05, 0) is 19.1 Å². The SMILES string of the molecule is Cc1[nH]c(C(C)(C)CN)nc1-c1cccc(Cl)c1. The standard InChI is InChI=1S/C14H18ClN3/c1-9-12(10-5-4-6-11(15)7-10)18-13(17-9)14(2,3)8-16/h4-7H,8,16H2,1-3H3,(H,17,18). The van der Waals surface area contributed by atoms with Crippen molar-refractivity contribution in [3.63, 3.8) is 0 Å². The zero-order valence-corrected chi connectivity index (χ0v) is 11.7. The average Bonchev–Trinajstić information content (AvgIpc) is 2.72. The summed E-state index contributed by atoms with van der Waals surface area (Å²) < 4.78 is 0. The van der Waals surface area contributed by atoms with E-state index in [0.717, 1.165) is 27.8 Å². The lowest BCUT2D eigenvalue weighted by atomic mass is 9.93. The zero-order chi connectivity index (χ0) is 13.3. The number of aryl methyl sites for hydroxylation is 1. The van der Waals surface area contributed by atoms with Crippen molar-refractivity contribution in [1.29, 1.82) is 0 Å². The molecule has 0 aliphatic carbocycles. The van der Waals surface area contributed by atoms with Gasteiger partial charge >= 0.3 is 0 Å². The van der Waals surface area contributed by atoms with Crippen LogP contribution in [-0.4, -0.2) is 16.5 Å². The average molecular weight is 264 g/mol. The Morgan fingerprint density at radius 2 is 2.11 bits per heavy atom. The number of rotatable bonds is 3. The summed E-state index contributed by atoms with van der Waals surface area (Å²) in [4.78, 5) is 7.99. The van der Waals surface area contributed by atoms with Gasteiger partial charge in [-0.3, -0.25) is 0 Å². The number of imidazole rings is 1. The first-order chi connectivity index (χ1) is 8.44. The van der Waals surface area contributed by atoms with E-state index in [1.165, 1.54) is 0 Å². The summed E-state index contributed by atoms with van der Waals surface area (Å²) in [5, 5.41) is 0.717. The van der Waals surface area contributed by atoms with Crippen molar-refractivity contribution in [2.24, 2.45) is 5.73 Å². The van der Waals surface area contributed by atoms with E-state index in [9.17, 15) is 0 Å². The highest BCUT2D eigenvalue weighted by Crippen LogP contribution is 2.27. The van der Waals surface area contributed by atoms with Crippen LogP contribution in [0.4, 0.5) is 0 Å². The Morgan fingerprint density at radius 3 is 2.72 bits per heavy atom. The van der Waals surface area contributed by atoms with E-state index in [1.807, 2.05) is 31.2 Å². The fraction of sp³-hybridized carbons (Fsp3) is 0.357. The Balaban J connectivity index is 2.48. The Bertz CT molecular complexity index is 558. The Labute approximate surface area is 112 Å². The summed E-state index contributed by atoms with van der Waals surface area (Å²) >= 11 is 6.01. The predicted octanol–water partition coefficient (Wildman–Crippen LogP) is 3.27. The van der Waals surface area contributed by atoms with Crippen LogP contribution in [0.25, 0.3) is 11.3 Å². The summed E-state index contributed by atoms with van der Waals surface area (Å²) in [7, 11) is 0. The highest BCUT2D eigenvalue weighted by Gasteiger charge is 2.23. The summed E-state index contributed by atoms with van der Waals surface area (Å²) in [5.41, 5.74) is 8.63. The number of hydrogen-bond donors (Lipinski definition) is 2. The smallest absolute Gasteiger partial charge is 0.113 e. The Hall–Kier alpha value is -1.32. The van der Waals surface area contributed by atoms with E-state index in [0.29, 0.717) is 6.54 Å². The van der Waals surface area contributed by atoms with Gasteiger partial charge < -0.3 is 10.7 Å². The Kier molecular flexibility index (Phi) is 3.46. The minimum absolute atomic E-state index is 0.151. The van der Waals surface area contributed by atoms with Gasteiger partial charge in [0.15, 0.2) is 0 Å². The molecule has 2 aromatic rings. The molecule has 1 aromatic carbocycles. The van der Waals surface area contributed by atoms with Crippen LogP contribution in [0.3, 0.4) is 0 Å². The molecule has 0 aliphatic rings. The minimum atomic E-state index is -0.151. The number of nitrogens with zero attached hydrogens (tertiary/aromatic N) is 1. The van der Waals surface area contributed by atoms with Crippen molar-refractivity contribution in [2.75, 3.05) is 6.54 Å². The fourth-order valence-electron chi connectivity index (χ4n) is 1.79. The third-order valence-corrected chi connectivity index (χ3v) is 3.37. The fourth-order valence-corrected chi connectivity index (χ4v) is 1.98. The summed E-state index contributed by atoms with van der Waals surface area (Å²) in [6.07, 6.45) is 0. The van der Waals surface area contributed by atoms with Crippen molar-refractivity contribution in [2.45, 2.75) is 26.2 Å². The van der Waals surface area contributed by atoms with E-state index in [2.05, 4.69) is 23.8 Å². The summed E-state index contributed by atoms with van der Waals surface area (Å²) in [6, 6.07) is 7.72. The molecule has 0 unspecified atom stereocenters. The van der Waals surface area contributed by atoms with Crippen LogP contribution in [0.1, 0.15) is 25.4 Å². The number of halogens is 1. The van der Waals surface area contributed by atoms with Crippen LogP contribution in [0.15, 0.2) is 24.3 Å².